The molecule has 1 N–H and O–H groups in total. The van der Waals surface area contributed by atoms with Crippen molar-refractivity contribution in [3.05, 3.63) is 29.8 Å². The fraction of sp³-hybridized carbons (Fsp3) is 0.538. The van der Waals surface area contributed by atoms with Crippen LogP contribution in [0, 0.1) is 6.92 Å². The summed E-state index contributed by atoms with van der Waals surface area (Å²) in [5.41, 5.74) is 2.58. The lowest BCUT2D eigenvalue weighted by Crippen LogP contribution is -2.29. The van der Waals surface area contributed by atoms with Gasteiger partial charge in [-0.05, 0) is 38.3 Å². The van der Waals surface area contributed by atoms with E-state index < -0.39 is 0 Å². The van der Waals surface area contributed by atoms with E-state index in [0.717, 1.165) is 12.8 Å². The molecule has 84 valence electrons. The minimum Gasteiger partial charge on any atom is -0.396 e. The van der Waals surface area contributed by atoms with Gasteiger partial charge in [0.05, 0.1) is 0 Å². The van der Waals surface area contributed by atoms with Crippen molar-refractivity contribution >= 4 is 5.69 Å². The van der Waals surface area contributed by atoms with Crippen molar-refractivity contribution < 1.29 is 5.11 Å². The van der Waals surface area contributed by atoms with E-state index in [0.29, 0.717) is 6.04 Å². The van der Waals surface area contributed by atoms with Crippen LogP contribution in [0.3, 0.4) is 0 Å². The number of aryl methyl sites for hydroxylation is 1. The van der Waals surface area contributed by atoms with Crippen molar-refractivity contribution in [2.45, 2.75) is 32.7 Å². The zero-order chi connectivity index (χ0) is 11.3. The van der Waals surface area contributed by atoms with Gasteiger partial charge in [0.2, 0.25) is 0 Å². The number of hydrogen-bond donors (Lipinski definition) is 1. The van der Waals surface area contributed by atoms with Crippen molar-refractivity contribution in [3.8, 4) is 0 Å². The topological polar surface area (TPSA) is 23.5 Å². The van der Waals surface area contributed by atoms with Gasteiger partial charge in [0.15, 0.2) is 0 Å². The van der Waals surface area contributed by atoms with Crippen molar-refractivity contribution in [1.82, 2.24) is 0 Å². The Morgan fingerprint density at radius 1 is 1.33 bits per heavy atom. The first-order chi connectivity index (χ1) is 7.16. The average Bonchev–Trinajstić information content (AvgIpc) is 2.25. The van der Waals surface area contributed by atoms with Crippen LogP contribution in [0.4, 0.5) is 5.69 Å². The molecular formula is C13H21NO. The first kappa shape index (κ1) is 12.1. The van der Waals surface area contributed by atoms with Gasteiger partial charge in [-0.2, -0.15) is 0 Å². The number of hydrogen-bond acceptors (Lipinski definition) is 2. The number of para-hydroxylation sites is 1. The molecule has 0 aliphatic heterocycles. The summed E-state index contributed by atoms with van der Waals surface area (Å²) in [6.07, 6.45) is 1.90. The molecule has 0 aliphatic carbocycles. The Labute approximate surface area is 92.5 Å². The first-order valence-electron chi connectivity index (χ1n) is 5.56. The van der Waals surface area contributed by atoms with Gasteiger partial charge in [0.25, 0.3) is 0 Å². The lowest BCUT2D eigenvalue weighted by atomic mass is 10.1. The molecule has 0 aromatic heterocycles. The summed E-state index contributed by atoms with van der Waals surface area (Å²) in [7, 11) is 2.12. The van der Waals surface area contributed by atoms with Gasteiger partial charge in [0, 0.05) is 25.4 Å². The van der Waals surface area contributed by atoms with Crippen LogP contribution in [0.5, 0.6) is 0 Å². The lowest BCUT2D eigenvalue weighted by Gasteiger charge is -2.28. The number of nitrogens with zero attached hydrogens (tertiary/aromatic N) is 1. The van der Waals surface area contributed by atoms with Gasteiger partial charge < -0.3 is 10.0 Å². The Morgan fingerprint density at radius 2 is 2.00 bits per heavy atom. The average molecular weight is 207 g/mol. The second-order valence-corrected chi connectivity index (χ2v) is 4.11. The molecule has 2 heteroatoms. The molecule has 0 fully saturated rings. The predicted octanol–water partition coefficient (Wildman–Crippen LogP) is 2.59. The third-order valence-corrected chi connectivity index (χ3v) is 2.94. The molecule has 0 heterocycles. The number of aliphatic hydroxyl groups is 1. The molecule has 0 radical (unpaired) electrons. The summed E-state index contributed by atoms with van der Waals surface area (Å²) < 4.78 is 0. The molecule has 0 bridgehead atoms. The Kier molecular flexibility index (Phi) is 4.63. The summed E-state index contributed by atoms with van der Waals surface area (Å²) in [6.45, 7) is 4.61. The van der Waals surface area contributed by atoms with E-state index in [9.17, 15) is 0 Å². The highest BCUT2D eigenvalue weighted by Crippen LogP contribution is 2.21. The van der Waals surface area contributed by atoms with Crippen molar-refractivity contribution in [1.29, 1.82) is 0 Å². The van der Waals surface area contributed by atoms with Crippen LogP contribution in [0.25, 0.3) is 0 Å². The summed E-state index contributed by atoms with van der Waals surface area (Å²) in [5.74, 6) is 0. The number of benzene rings is 1. The van der Waals surface area contributed by atoms with Crippen LogP contribution < -0.4 is 4.90 Å². The van der Waals surface area contributed by atoms with Gasteiger partial charge in [0.1, 0.15) is 0 Å². The Hall–Kier alpha value is -1.02. The smallest absolute Gasteiger partial charge is 0.0431 e. The van der Waals surface area contributed by atoms with E-state index >= 15 is 0 Å². The normalized spacial score (nSPS) is 12.5. The van der Waals surface area contributed by atoms with Crippen LogP contribution >= 0.6 is 0 Å². The summed E-state index contributed by atoms with van der Waals surface area (Å²) in [5, 5.41) is 8.80. The highest BCUT2D eigenvalue weighted by molar-refractivity contribution is 5.52. The highest BCUT2D eigenvalue weighted by atomic mass is 16.2. The quantitative estimate of drug-likeness (QED) is 0.802. The maximum absolute atomic E-state index is 8.80. The molecule has 2 nitrogen and oxygen atoms in total. The third kappa shape index (κ3) is 3.24. The molecule has 1 unspecified atom stereocenters. The molecule has 0 spiro atoms. The molecule has 1 atom stereocenters. The summed E-state index contributed by atoms with van der Waals surface area (Å²) in [6, 6.07) is 8.87. The number of aliphatic hydroxyl groups excluding tert-OH is 1. The van der Waals surface area contributed by atoms with Gasteiger partial charge in [-0.15, -0.1) is 0 Å². The Morgan fingerprint density at radius 3 is 2.60 bits per heavy atom. The number of rotatable bonds is 5. The van der Waals surface area contributed by atoms with Crippen LogP contribution in [0.15, 0.2) is 24.3 Å². The molecule has 0 aliphatic rings. The first-order valence-corrected chi connectivity index (χ1v) is 5.56. The maximum atomic E-state index is 8.80. The standard InChI is InChI=1S/C13H21NO/c1-11-7-4-5-9-13(11)14(3)12(2)8-6-10-15/h4-5,7,9,12,15H,6,8,10H2,1-3H3. The van der Waals surface area contributed by atoms with E-state index in [-0.39, 0.29) is 6.61 Å². The third-order valence-electron chi connectivity index (χ3n) is 2.94. The SMILES string of the molecule is Cc1ccccc1N(C)C(C)CCCO. The Bertz CT molecular complexity index is 298. The highest BCUT2D eigenvalue weighted by Gasteiger charge is 2.10. The van der Waals surface area contributed by atoms with E-state index in [1.807, 2.05) is 0 Å². The molecule has 1 aromatic rings. The van der Waals surface area contributed by atoms with Gasteiger partial charge in [-0.3, -0.25) is 0 Å². The van der Waals surface area contributed by atoms with Crippen molar-refractivity contribution in [2.75, 3.05) is 18.6 Å². The van der Waals surface area contributed by atoms with E-state index in [1.54, 1.807) is 0 Å². The fourth-order valence-corrected chi connectivity index (χ4v) is 1.78. The number of anilines is 1. The summed E-state index contributed by atoms with van der Waals surface area (Å²) >= 11 is 0. The molecule has 0 saturated carbocycles. The summed E-state index contributed by atoms with van der Waals surface area (Å²) in [4.78, 5) is 2.28. The van der Waals surface area contributed by atoms with Crippen molar-refractivity contribution in [3.63, 3.8) is 0 Å². The minimum atomic E-state index is 0.284. The molecular weight excluding hydrogens is 186 g/mol. The molecule has 1 rings (SSSR count). The maximum Gasteiger partial charge on any atom is 0.0431 e. The van der Waals surface area contributed by atoms with Gasteiger partial charge in [-0.25, -0.2) is 0 Å². The molecule has 15 heavy (non-hydrogen) atoms. The fourth-order valence-electron chi connectivity index (χ4n) is 1.78. The van der Waals surface area contributed by atoms with Gasteiger partial charge in [-0.1, -0.05) is 18.2 Å². The zero-order valence-corrected chi connectivity index (χ0v) is 9.90. The molecule has 0 saturated heterocycles. The van der Waals surface area contributed by atoms with Crippen LogP contribution in [-0.4, -0.2) is 24.8 Å². The zero-order valence-electron chi connectivity index (χ0n) is 9.90. The monoisotopic (exact) mass is 207 g/mol. The van der Waals surface area contributed by atoms with Crippen molar-refractivity contribution in [2.24, 2.45) is 0 Å². The molecule has 0 amide bonds. The van der Waals surface area contributed by atoms with Crippen LogP contribution in [0.2, 0.25) is 0 Å². The largest absolute Gasteiger partial charge is 0.396 e. The molecule has 1 aromatic carbocycles. The van der Waals surface area contributed by atoms with E-state index in [1.165, 1.54) is 11.3 Å². The van der Waals surface area contributed by atoms with E-state index in [4.69, 9.17) is 5.11 Å². The van der Waals surface area contributed by atoms with Crippen LogP contribution in [-0.2, 0) is 0 Å². The Balaban J connectivity index is 2.67. The second kappa shape index (κ2) is 5.76. The van der Waals surface area contributed by atoms with Crippen LogP contribution in [0.1, 0.15) is 25.3 Å². The van der Waals surface area contributed by atoms with E-state index in [2.05, 4.69) is 50.1 Å². The lowest BCUT2D eigenvalue weighted by molar-refractivity contribution is 0.280. The second-order valence-electron chi connectivity index (χ2n) is 4.11. The van der Waals surface area contributed by atoms with Gasteiger partial charge >= 0.3 is 0 Å². The predicted molar refractivity (Wildman–Crippen MR) is 65.4 cm³/mol. The minimum absolute atomic E-state index is 0.284.